The Balaban J connectivity index is 1.35. The molecule has 0 spiro atoms. The van der Waals surface area contributed by atoms with Gasteiger partial charge in [0.2, 0.25) is 0 Å². The van der Waals surface area contributed by atoms with Gasteiger partial charge in [0.05, 0.1) is 17.5 Å². The molecule has 2 aromatic heterocycles. The van der Waals surface area contributed by atoms with Gasteiger partial charge in [-0.2, -0.15) is 0 Å². The Bertz CT molecular complexity index is 1620. The number of ether oxygens (including phenoxy) is 4. The molecule has 1 aliphatic heterocycles. The Labute approximate surface area is 302 Å². The van der Waals surface area contributed by atoms with Crippen LogP contribution in [-0.4, -0.2) is 91.9 Å². The summed E-state index contributed by atoms with van der Waals surface area (Å²) in [6, 6.07) is 9.93. The summed E-state index contributed by atoms with van der Waals surface area (Å²) in [5.74, 6) is -0.875. The van der Waals surface area contributed by atoms with Crippen molar-refractivity contribution in [2.24, 2.45) is 5.92 Å². The Kier molecular flexibility index (Phi) is 11.2. The van der Waals surface area contributed by atoms with Crippen LogP contribution < -0.4 is 0 Å². The summed E-state index contributed by atoms with van der Waals surface area (Å²) in [6.45, 7) is 16.7. The lowest BCUT2D eigenvalue weighted by molar-refractivity contribution is -0.160. The van der Waals surface area contributed by atoms with Crippen LogP contribution in [0.15, 0.2) is 47.3 Å². The van der Waals surface area contributed by atoms with Crippen LogP contribution in [0.4, 0.5) is 9.59 Å². The van der Waals surface area contributed by atoms with Crippen molar-refractivity contribution in [1.82, 2.24) is 24.3 Å². The largest absolute Gasteiger partial charge is 0.444 e. The molecule has 4 atom stereocenters. The smallest absolute Gasteiger partial charge is 0.410 e. The van der Waals surface area contributed by atoms with Gasteiger partial charge in [-0.25, -0.2) is 19.6 Å². The van der Waals surface area contributed by atoms with Gasteiger partial charge in [0.15, 0.2) is 5.79 Å². The van der Waals surface area contributed by atoms with E-state index >= 15 is 0 Å². The maximum Gasteiger partial charge on any atom is 0.410 e. The van der Waals surface area contributed by atoms with Crippen molar-refractivity contribution in [2.75, 3.05) is 26.2 Å². The number of aromatic nitrogens is 3. The van der Waals surface area contributed by atoms with Crippen LogP contribution in [0.1, 0.15) is 79.8 Å². The van der Waals surface area contributed by atoms with Crippen molar-refractivity contribution in [3.63, 3.8) is 0 Å². The normalized spacial score (nSPS) is 21.8. The molecule has 2 aliphatic rings. The quantitative estimate of drug-likeness (QED) is 0.191. The predicted molar refractivity (Wildman–Crippen MR) is 192 cm³/mol. The molecule has 11 nitrogen and oxygen atoms in total. The number of nitrogens with zero attached hydrogens (tertiary/aromatic N) is 5. The molecule has 1 aliphatic carbocycles. The summed E-state index contributed by atoms with van der Waals surface area (Å²) < 4.78 is 27.5. The third-order valence-electron chi connectivity index (χ3n) is 8.55. The van der Waals surface area contributed by atoms with Gasteiger partial charge in [0.1, 0.15) is 34.4 Å². The monoisotopic (exact) mass is 761 g/mol. The molecule has 2 amide bonds. The number of rotatable bonds is 10. The fourth-order valence-electron chi connectivity index (χ4n) is 6.61. The van der Waals surface area contributed by atoms with Crippen molar-refractivity contribution in [3.05, 3.63) is 58.0 Å². The van der Waals surface area contributed by atoms with Crippen LogP contribution in [-0.2, 0) is 25.4 Å². The molecule has 1 saturated heterocycles. The molecule has 1 aromatic carbocycles. The third-order valence-corrected chi connectivity index (χ3v) is 9.44. The number of carbonyl (C=O) groups excluding carboxylic acids is 2. The summed E-state index contributed by atoms with van der Waals surface area (Å²) in [5.41, 5.74) is 0.523. The van der Waals surface area contributed by atoms with Gasteiger partial charge in [0, 0.05) is 42.8 Å². The van der Waals surface area contributed by atoms with E-state index in [-0.39, 0.29) is 30.3 Å². The number of benzene rings is 1. The minimum atomic E-state index is -0.803. The lowest BCUT2D eigenvalue weighted by atomic mass is 10.0. The highest BCUT2D eigenvalue weighted by atomic mass is 79.9. The minimum absolute atomic E-state index is 0.0714. The molecule has 3 aromatic rings. The Morgan fingerprint density at radius 2 is 1.57 bits per heavy atom. The molecule has 3 heterocycles. The average molecular weight is 763 g/mol. The van der Waals surface area contributed by atoms with E-state index in [2.05, 4.69) is 30.5 Å². The van der Waals surface area contributed by atoms with Crippen LogP contribution in [0.3, 0.4) is 0 Å². The maximum absolute atomic E-state index is 13.7. The first-order valence-corrected chi connectivity index (χ1v) is 18.1. The lowest BCUT2D eigenvalue weighted by Gasteiger charge is -2.32. The first-order valence-electron chi connectivity index (χ1n) is 16.9. The highest BCUT2D eigenvalue weighted by molar-refractivity contribution is 9.10. The predicted octanol–water partition coefficient (Wildman–Crippen LogP) is 8.04. The van der Waals surface area contributed by atoms with Gasteiger partial charge in [-0.3, -0.25) is 0 Å². The van der Waals surface area contributed by atoms with Gasteiger partial charge < -0.3 is 33.3 Å². The zero-order valence-electron chi connectivity index (χ0n) is 29.7. The van der Waals surface area contributed by atoms with Crippen LogP contribution in [0.5, 0.6) is 0 Å². The molecule has 49 heavy (non-hydrogen) atoms. The highest BCUT2D eigenvalue weighted by Gasteiger charge is 2.55. The molecule has 5 rings (SSSR count). The summed E-state index contributed by atoms with van der Waals surface area (Å²) in [7, 11) is 0. The van der Waals surface area contributed by atoms with E-state index in [0.29, 0.717) is 56.2 Å². The first kappa shape index (κ1) is 37.3. The van der Waals surface area contributed by atoms with Crippen LogP contribution >= 0.6 is 27.5 Å². The van der Waals surface area contributed by atoms with E-state index in [9.17, 15) is 9.59 Å². The second-order valence-electron chi connectivity index (χ2n) is 15.4. The van der Waals surface area contributed by atoms with Gasteiger partial charge in [-0.15, -0.1) is 0 Å². The van der Waals surface area contributed by atoms with Crippen molar-refractivity contribution in [1.29, 1.82) is 0 Å². The van der Waals surface area contributed by atoms with Crippen molar-refractivity contribution in [3.8, 4) is 0 Å². The zero-order chi connectivity index (χ0) is 35.7. The standard InChI is InChI=1S/C36H49BrClN5O6/c1-34(2,3)48-32(44)41(18-15-23-13-10-9-11-14-23)16-12-17-42(33(45)49-35(4,5)6)20-24-19-26(29-28(24)46-36(7,8)47-29)43-21-25(37)27-30(38)39-22-40-31(27)43/h9-11,13-14,21-22,24,26,28-29H,12,15-20H2,1-8H3/t24-,26-,28-,29+/m1/s1. The first-order chi connectivity index (χ1) is 22.9. The third kappa shape index (κ3) is 9.45. The molecule has 13 heteroatoms. The average Bonchev–Trinajstić information content (AvgIpc) is 3.61. The van der Waals surface area contributed by atoms with E-state index in [0.717, 1.165) is 15.4 Å². The fourth-order valence-corrected chi connectivity index (χ4v) is 7.54. The Morgan fingerprint density at radius 3 is 2.22 bits per heavy atom. The van der Waals surface area contributed by atoms with Crippen molar-refractivity contribution < 1.29 is 28.5 Å². The van der Waals surface area contributed by atoms with E-state index in [1.807, 2.05) is 91.9 Å². The number of amides is 2. The summed E-state index contributed by atoms with van der Waals surface area (Å²) in [6.07, 6.45) is 3.98. The number of carbonyl (C=O) groups is 2. The molecule has 0 unspecified atom stereocenters. The second kappa shape index (κ2) is 14.7. The van der Waals surface area contributed by atoms with Crippen molar-refractivity contribution in [2.45, 2.75) is 110 Å². The summed E-state index contributed by atoms with van der Waals surface area (Å²) in [4.78, 5) is 39.2. The van der Waals surface area contributed by atoms with E-state index in [1.165, 1.54) is 6.33 Å². The van der Waals surface area contributed by atoms with Crippen molar-refractivity contribution >= 4 is 50.8 Å². The molecule has 2 fully saturated rings. The van der Waals surface area contributed by atoms with Crippen LogP contribution in [0.25, 0.3) is 11.0 Å². The highest BCUT2D eigenvalue weighted by Crippen LogP contribution is 2.49. The molecule has 0 bridgehead atoms. The summed E-state index contributed by atoms with van der Waals surface area (Å²) >= 11 is 10.1. The topological polar surface area (TPSA) is 108 Å². The number of hydrogen-bond acceptors (Lipinski definition) is 8. The van der Waals surface area contributed by atoms with E-state index < -0.39 is 23.1 Å². The number of hydrogen-bond donors (Lipinski definition) is 0. The Hall–Kier alpha value is -2.93. The molecule has 0 radical (unpaired) electrons. The van der Waals surface area contributed by atoms with Gasteiger partial charge >= 0.3 is 12.2 Å². The molecule has 1 saturated carbocycles. The van der Waals surface area contributed by atoms with Gasteiger partial charge in [-0.05, 0) is 96.1 Å². The fraction of sp³-hybridized carbons (Fsp3) is 0.611. The molecular formula is C36H49BrClN5O6. The van der Waals surface area contributed by atoms with Crippen LogP contribution in [0.2, 0.25) is 5.15 Å². The van der Waals surface area contributed by atoms with Gasteiger partial charge in [-0.1, -0.05) is 41.9 Å². The van der Waals surface area contributed by atoms with Crippen LogP contribution in [0, 0.1) is 5.92 Å². The summed E-state index contributed by atoms with van der Waals surface area (Å²) in [5, 5.41) is 1.10. The number of halogens is 2. The molecule has 268 valence electrons. The second-order valence-corrected chi connectivity index (χ2v) is 16.6. The van der Waals surface area contributed by atoms with Gasteiger partial charge in [0.25, 0.3) is 0 Å². The molecular weight excluding hydrogens is 714 g/mol. The molecule has 0 N–H and O–H groups in total. The minimum Gasteiger partial charge on any atom is -0.444 e. The maximum atomic E-state index is 13.7. The van der Waals surface area contributed by atoms with E-state index in [4.69, 9.17) is 30.5 Å². The van der Waals surface area contributed by atoms with E-state index in [1.54, 1.807) is 9.80 Å². The SMILES string of the molecule is CC(C)(C)OC(=O)N(CCCN(C[C@H]1C[C@@H](n2cc(Br)c3c(Cl)ncnc32)[C@@H]2OC(C)(C)O[C@H]12)C(=O)OC(C)(C)C)CCc1ccccc1. The number of fused-ring (bicyclic) bond motifs is 2. The lowest BCUT2D eigenvalue weighted by Crippen LogP contribution is -2.44. The Morgan fingerprint density at radius 1 is 0.959 bits per heavy atom. The zero-order valence-corrected chi connectivity index (χ0v) is 32.1.